The topological polar surface area (TPSA) is 44.1 Å². The zero-order valence-corrected chi connectivity index (χ0v) is 10.2. The second-order valence-electron chi connectivity index (χ2n) is 3.80. The van der Waals surface area contributed by atoms with Gasteiger partial charge in [0.25, 0.3) is 0 Å². The first-order chi connectivity index (χ1) is 8.61. The van der Waals surface area contributed by atoms with Crippen molar-refractivity contribution in [3.05, 3.63) is 47.5 Å². The van der Waals surface area contributed by atoms with Crippen molar-refractivity contribution in [3.8, 4) is 5.69 Å². The van der Waals surface area contributed by atoms with Crippen molar-refractivity contribution in [1.29, 1.82) is 0 Å². The molecule has 4 nitrogen and oxygen atoms in total. The van der Waals surface area contributed by atoms with Crippen molar-refractivity contribution in [1.82, 2.24) is 9.78 Å². The molecule has 1 aromatic heterocycles. The van der Waals surface area contributed by atoms with Crippen molar-refractivity contribution in [2.75, 3.05) is 6.61 Å². The van der Waals surface area contributed by atoms with E-state index in [0.29, 0.717) is 6.61 Å². The number of ether oxygens (including phenoxy) is 1. The first kappa shape index (κ1) is 12.3. The molecule has 0 unspecified atom stereocenters. The number of rotatable bonds is 3. The molecule has 0 saturated heterocycles. The molecule has 0 bridgehead atoms. The second-order valence-corrected chi connectivity index (χ2v) is 3.80. The molecule has 94 valence electrons. The Bertz CT molecular complexity index is 578. The molecule has 0 saturated carbocycles. The van der Waals surface area contributed by atoms with Crippen LogP contribution < -0.4 is 0 Å². The Morgan fingerprint density at radius 2 is 2.22 bits per heavy atom. The van der Waals surface area contributed by atoms with Gasteiger partial charge >= 0.3 is 5.97 Å². The van der Waals surface area contributed by atoms with Crippen LogP contribution in [-0.2, 0) is 4.74 Å². The van der Waals surface area contributed by atoms with Gasteiger partial charge in [0.2, 0.25) is 0 Å². The number of carbonyl (C=O) groups is 1. The molecular weight excluding hydrogens is 235 g/mol. The summed E-state index contributed by atoms with van der Waals surface area (Å²) in [4.78, 5) is 11.5. The molecule has 0 N–H and O–H groups in total. The summed E-state index contributed by atoms with van der Waals surface area (Å²) >= 11 is 0. The number of nitrogens with zero attached hydrogens (tertiary/aromatic N) is 2. The molecule has 0 radical (unpaired) electrons. The van der Waals surface area contributed by atoms with Gasteiger partial charge in [-0.2, -0.15) is 5.10 Å². The number of benzene rings is 1. The molecule has 2 rings (SSSR count). The third kappa shape index (κ3) is 2.40. The first-order valence-electron chi connectivity index (χ1n) is 5.61. The number of hydrogen-bond acceptors (Lipinski definition) is 3. The molecule has 1 aromatic carbocycles. The highest BCUT2D eigenvalue weighted by Crippen LogP contribution is 2.15. The molecular formula is C13H13FN2O2. The Labute approximate surface area is 104 Å². The number of hydrogen-bond donors (Lipinski definition) is 0. The van der Waals surface area contributed by atoms with E-state index in [0.717, 1.165) is 11.3 Å². The van der Waals surface area contributed by atoms with Crippen molar-refractivity contribution in [2.24, 2.45) is 0 Å². The summed E-state index contributed by atoms with van der Waals surface area (Å²) in [6.07, 6.45) is 1.65. The molecule has 2 aromatic rings. The number of halogens is 1. The van der Waals surface area contributed by atoms with Gasteiger partial charge < -0.3 is 4.74 Å². The lowest BCUT2D eigenvalue weighted by Gasteiger charge is -2.05. The fourth-order valence-electron chi connectivity index (χ4n) is 1.65. The maximum absolute atomic E-state index is 13.0. The minimum atomic E-state index is -0.462. The van der Waals surface area contributed by atoms with Gasteiger partial charge in [-0.3, -0.25) is 0 Å². The Hall–Kier alpha value is -2.17. The molecule has 1 heterocycles. The highest BCUT2D eigenvalue weighted by atomic mass is 19.1. The van der Waals surface area contributed by atoms with Gasteiger partial charge in [-0.05, 0) is 43.7 Å². The van der Waals surface area contributed by atoms with Crippen LogP contribution in [0.3, 0.4) is 0 Å². The summed E-state index contributed by atoms with van der Waals surface area (Å²) in [5, 5.41) is 4.11. The van der Waals surface area contributed by atoms with Gasteiger partial charge in [0.15, 0.2) is 5.69 Å². The van der Waals surface area contributed by atoms with Gasteiger partial charge in [-0.15, -0.1) is 0 Å². The van der Waals surface area contributed by atoms with Crippen LogP contribution in [0, 0.1) is 12.7 Å². The highest BCUT2D eigenvalue weighted by molar-refractivity contribution is 5.87. The average molecular weight is 248 g/mol. The van der Waals surface area contributed by atoms with Crippen LogP contribution in [0.15, 0.2) is 30.5 Å². The third-order valence-corrected chi connectivity index (χ3v) is 2.48. The molecule has 0 amide bonds. The van der Waals surface area contributed by atoms with E-state index >= 15 is 0 Å². The van der Waals surface area contributed by atoms with Crippen LogP contribution in [0.1, 0.15) is 23.0 Å². The van der Waals surface area contributed by atoms with Crippen molar-refractivity contribution in [3.63, 3.8) is 0 Å². The van der Waals surface area contributed by atoms with Crippen molar-refractivity contribution < 1.29 is 13.9 Å². The van der Waals surface area contributed by atoms with Crippen LogP contribution in [0.2, 0.25) is 0 Å². The van der Waals surface area contributed by atoms with Crippen molar-refractivity contribution in [2.45, 2.75) is 13.8 Å². The van der Waals surface area contributed by atoms with Gasteiger partial charge in [0, 0.05) is 6.20 Å². The maximum Gasteiger partial charge on any atom is 0.358 e. The van der Waals surface area contributed by atoms with Gasteiger partial charge in [-0.25, -0.2) is 13.9 Å². The van der Waals surface area contributed by atoms with E-state index in [4.69, 9.17) is 4.74 Å². The predicted octanol–water partition coefficient (Wildman–Crippen LogP) is 2.50. The summed E-state index contributed by atoms with van der Waals surface area (Å²) in [7, 11) is 0. The zero-order chi connectivity index (χ0) is 13.1. The molecule has 0 spiro atoms. The van der Waals surface area contributed by atoms with E-state index < -0.39 is 5.97 Å². The largest absolute Gasteiger partial charge is 0.461 e. The van der Waals surface area contributed by atoms with Crippen LogP contribution in [0.25, 0.3) is 5.69 Å². The number of aryl methyl sites for hydroxylation is 1. The summed E-state index contributed by atoms with van der Waals surface area (Å²) < 4.78 is 19.4. The summed E-state index contributed by atoms with van der Waals surface area (Å²) in [6, 6.07) is 5.96. The molecule has 5 heteroatoms. The fraction of sp³-hybridized carbons (Fsp3) is 0.231. The minimum Gasteiger partial charge on any atom is -0.461 e. The number of carbonyl (C=O) groups excluding carboxylic acids is 1. The van der Waals surface area contributed by atoms with Crippen LogP contribution >= 0.6 is 0 Å². The lowest BCUT2D eigenvalue weighted by Crippen LogP contribution is -2.07. The van der Waals surface area contributed by atoms with E-state index in [1.165, 1.54) is 16.8 Å². The molecule has 0 atom stereocenters. The normalized spacial score (nSPS) is 10.4. The lowest BCUT2D eigenvalue weighted by atomic mass is 10.2. The predicted molar refractivity (Wildman–Crippen MR) is 64.2 cm³/mol. The first-order valence-corrected chi connectivity index (χ1v) is 5.61. The van der Waals surface area contributed by atoms with E-state index in [2.05, 4.69) is 5.10 Å². The van der Waals surface area contributed by atoms with Gasteiger partial charge in [-0.1, -0.05) is 0 Å². The van der Waals surface area contributed by atoms with Crippen LogP contribution in [-0.4, -0.2) is 22.4 Å². The standard InChI is InChI=1S/C13H13FN2O2/c1-3-18-13(17)11-6-7-16(15-11)12-5-4-10(14)8-9(12)2/h4-8H,3H2,1-2H3. The Morgan fingerprint density at radius 3 is 2.89 bits per heavy atom. The zero-order valence-electron chi connectivity index (χ0n) is 10.2. The molecule has 0 aliphatic heterocycles. The van der Waals surface area contributed by atoms with Gasteiger partial charge in [0.05, 0.1) is 12.3 Å². The fourth-order valence-corrected chi connectivity index (χ4v) is 1.65. The second kappa shape index (κ2) is 5.00. The quantitative estimate of drug-likeness (QED) is 0.784. The monoisotopic (exact) mass is 248 g/mol. The Morgan fingerprint density at radius 1 is 1.44 bits per heavy atom. The average Bonchev–Trinajstić information content (AvgIpc) is 2.78. The van der Waals surface area contributed by atoms with Crippen LogP contribution in [0.5, 0.6) is 0 Å². The summed E-state index contributed by atoms with van der Waals surface area (Å²) in [5.41, 5.74) is 1.71. The molecule has 18 heavy (non-hydrogen) atoms. The lowest BCUT2D eigenvalue weighted by molar-refractivity contribution is 0.0519. The molecule has 0 aliphatic carbocycles. The number of aromatic nitrogens is 2. The SMILES string of the molecule is CCOC(=O)c1ccn(-c2ccc(F)cc2C)n1. The van der Waals surface area contributed by atoms with E-state index in [1.807, 2.05) is 0 Å². The van der Waals surface area contributed by atoms with E-state index in [9.17, 15) is 9.18 Å². The summed E-state index contributed by atoms with van der Waals surface area (Å²) in [5.74, 6) is -0.759. The summed E-state index contributed by atoms with van der Waals surface area (Å²) in [6.45, 7) is 3.82. The minimum absolute atomic E-state index is 0.237. The Kier molecular flexibility index (Phi) is 3.41. The smallest absolute Gasteiger partial charge is 0.358 e. The van der Waals surface area contributed by atoms with Gasteiger partial charge in [0.1, 0.15) is 5.82 Å². The Balaban J connectivity index is 2.32. The highest BCUT2D eigenvalue weighted by Gasteiger charge is 2.11. The van der Waals surface area contributed by atoms with Crippen molar-refractivity contribution >= 4 is 5.97 Å². The third-order valence-electron chi connectivity index (χ3n) is 2.48. The molecule has 0 fully saturated rings. The molecule has 0 aliphatic rings. The number of esters is 1. The maximum atomic E-state index is 13.0. The van der Waals surface area contributed by atoms with Crippen LogP contribution in [0.4, 0.5) is 4.39 Å². The van der Waals surface area contributed by atoms with E-state index in [1.54, 1.807) is 32.2 Å². The van der Waals surface area contributed by atoms with E-state index in [-0.39, 0.29) is 11.5 Å².